The Morgan fingerprint density at radius 1 is 1.05 bits per heavy atom. The van der Waals surface area contributed by atoms with Gasteiger partial charge in [0.15, 0.2) is 0 Å². The van der Waals surface area contributed by atoms with Crippen LogP contribution in [0.5, 0.6) is 5.75 Å². The molecule has 3 saturated carbocycles. The Kier molecular flexibility index (Phi) is 13.3. The molecule has 4 aliphatic rings. The van der Waals surface area contributed by atoms with Gasteiger partial charge in [0, 0.05) is 66.0 Å². The molecular formula is C45H62ClN5O6. The molecule has 0 aromatic heterocycles. The van der Waals surface area contributed by atoms with Crippen LogP contribution in [-0.2, 0) is 22.6 Å². The van der Waals surface area contributed by atoms with Gasteiger partial charge in [0.1, 0.15) is 17.9 Å². The molecule has 1 heterocycles. The maximum Gasteiger partial charge on any atom is 0.251 e. The molecule has 7 rings (SSSR count). The lowest BCUT2D eigenvalue weighted by atomic mass is 9.45. The zero-order valence-electron chi connectivity index (χ0n) is 35.0. The highest BCUT2D eigenvalue weighted by Crippen LogP contribution is 2.61. The number of ether oxygens (including phenoxy) is 1. The Hall–Kier alpha value is -3.71. The van der Waals surface area contributed by atoms with E-state index < -0.39 is 24.2 Å². The SMILES string of the molecule is COc1c(CN2O[C@@H](CO)[C@@H]([C@H](C)O)[C@H]2C(=O)N[C@H]2C[C@H]3C[C@@H]([C@@H]2C)C3(C)C)cccc1-c1cc(C(=O)NC(Cc2ccccc2Cl)CN(C)C)cc(N(C)C)c1. The van der Waals surface area contributed by atoms with Gasteiger partial charge in [-0.15, -0.1) is 0 Å². The van der Waals surface area contributed by atoms with E-state index in [1.807, 2.05) is 98.7 Å². The normalized spacial score (nSPS) is 26.4. The van der Waals surface area contributed by atoms with Crippen LogP contribution in [0.15, 0.2) is 60.7 Å². The summed E-state index contributed by atoms with van der Waals surface area (Å²) < 4.78 is 6.11. The van der Waals surface area contributed by atoms with Gasteiger partial charge in [0.25, 0.3) is 5.91 Å². The molecule has 1 aliphatic heterocycles. The number of para-hydroxylation sites is 1. The van der Waals surface area contributed by atoms with Crippen molar-refractivity contribution < 1.29 is 29.4 Å². The number of aliphatic hydroxyl groups is 2. The number of methoxy groups -OCH3 is 1. The van der Waals surface area contributed by atoms with Crippen LogP contribution in [0, 0.1) is 29.1 Å². The second-order valence-electron chi connectivity index (χ2n) is 17.6. The number of hydroxylamine groups is 2. The molecule has 3 aromatic rings. The van der Waals surface area contributed by atoms with Crippen molar-refractivity contribution in [2.45, 2.75) is 83.8 Å². The van der Waals surface area contributed by atoms with Gasteiger partial charge < -0.3 is 35.4 Å². The topological polar surface area (TPSA) is 127 Å². The van der Waals surface area contributed by atoms with Gasteiger partial charge in [0.2, 0.25) is 5.91 Å². The maximum absolute atomic E-state index is 14.3. The average molecular weight is 804 g/mol. The molecule has 9 atom stereocenters. The summed E-state index contributed by atoms with van der Waals surface area (Å²) in [5, 5.41) is 30.3. The molecule has 12 heteroatoms. The van der Waals surface area contributed by atoms with E-state index in [1.165, 1.54) is 6.42 Å². The summed E-state index contributed by atoms with van der Waals surface area (Å²) in [6.07, 6.45) is 1.02. The number of benzene rings is 3. The fourth-order valence-corrected chi connectivity index (χ4v) is 10.00. The monoisotopic (exact) mass is 803 g/mol. The largest absolute Gasteiger partial charge is 0.496 e. The molecule has 0 radical (unpaired) electrons. The lowest BCUT2D eigenvalue weighted by Gasteiger charge is -2.62. The van der Waals surface area contributed by atoms with E-state index >= 15 is 0 Å². The number of hydrogen-bond donors (Lipinski definition) is 4. The van der Waals surface area contributed by atoms with Crippen LogP contribution in [0.4, 0.5) is 5.69 Å². The zero-order valence-corrected chi connectivity index (χ0v) is 35.7. The van der Waals surface area contributed by atoms with Crippen molar-refractivity contribution in [1.29, 1.82) is 0 Å². The van der Waals surface area contributed by atoms with E-state index in [-0.39, 0.29) is 42.5 Å². The molecule has 1 saturated heterocycles. The number of amides is 2. The molecule has 3 aliphatic carbocycles. The molecule has 57 heavy (non-hydrogen) atoms. The van der Waals surface area contributed by atoms with Gasteiger partial charge in [0.05, 0.1) is 26.4 Å². The summed E-state index contributed by atoms with van der Waals surface area (Å²) in [7, 11) is 9.43. The molecule has 2 amide bonds. The van der Waals surface area contributed by atoms with E-state index in [1.54, 1.807) is 19.1 Å². The number of nitrogens with zero attached hydrogens (tertiary/aromatic N) is 3. The molecule has 4 N–H and O–H groups in total. The Bertz CT molecular complexity index is 1900. The van der Waals surface area contributed by atoms with Gasteiger partial charge in [-0.25, -0.2) is 0 Å². The molecule has 1 unspecified atom stereocenters. The number of carbonyl (C=O) groups excluding carboxylic acids is 2. The smallest absolute Gasteiger partial charge is 0.251 e. The van der Waals surface area contributed by atoms with E-state index in [9.17, 15) is 19.8 Å². The second kappa shape index (κ2) is 17.6. The number of fused-ring (bicyclic) bond motifs is 2. The van der Waals surface area contributed by atoms with Crippen LogP contribution in [-0.4, -0.2) is 111 Å². The van der Waals surface area contributed by atoms with Crippen LogP contribution in [0.3, 0.4) is 0 Å². The third-order valence-corrected chi connectivity index (χ3v) is 13.4. The highest BCUT2D eigenvalue weighted by Gasteiger charge is 2.57. The number of nitrogens with one attached hydrogen (secondary N) is 2. The summed E-state index contributed by atoms with van der Waals surface area (Å²) in [6.45, 7) is 8.98. The van der Waals surface area contributed by atoms with Crippen molar-refractivity contribution in [3.8, 4) is 16.9 Å². The van der Waals surface area contributed by atoms with Gasteiger partial charge in [-0.05, 0) is 98.8 Å². The number of anilines is 1. The van der Waals surface area contributed by atoms with Crippen molar-refractivity contribution in [2.24, 2.45) is 29.1 Å². The second-order valence-corrected chi connectivity index (χ2v) is 18.0. The molecular weight excluding hydrogens is 742 g/mol. The summed E-state index contributed by atoms with van der Waals surface area (Å²) >= 11 is 6.52. The van der Waals surface area contributed by atoms with Crippen molar-refractivity contribution in [3.05, 3.63) is 82.4 Å². The number of likely N-dealkylation sites (N-methyl/N-ethyl adjacent to an activating group) is 1. The van der Waals surface area contributed by atoms with Crippen molar-refractivity contribution >= 4 is 29.1 Å². The van der Waals surface area contributed by atoms with Crippen molar-refractivity contribution in [1.82, 2.24) is 20.6 Å². The average Bonchev–Trinajstić information content (AvgIpc) is 3.54. The van der Waals surface area contributed by atoms with E-state index in [2.05, 4.69) is 31.4 Å². The molecule has 2 bridgehead atoms. The first-order valence-electron chi connectivity index (χ1n) is 20.2. The summed E-state index contributed by atoms with van der Waals surface area (Å²) in [5.41, 5.74) is 4.86. The zero-order chi connectivity index (χ0) is 41.3. The molecule has 11 nitrogen and oxygen atoms in total. The summed E-state index contributed by atoms with van der Waals surface area (Å²) in [4.78, 5) is 38.7. The van der Waals surface area contributed by atoms with Gasteiger partial charge in [-0.2, -0.15) is 5.06 Å². The molecule has 310 valence electrons. The van der Waals surface area contributed by atoms with Crippen LogP contribution in [0.2, 0.25) is 5.02 Å². The van der Waals surface area contributed by atoms with Gasteiger partial charge >= 0.3 is 0 Å². The van der Waals surface area contributed by atoms with Gasteiger partial charge in [-0.1, -0.05) is 68.8 Å². The summed E-state index contributed by atoms with van der Waals surface area (Å²) in [5.74, 6) is 0.936. The predicted octanol–water partition coefficient (Wildman–Crippen LogP) is 5.64. The first kappa shape index (κ1) is 42.9. The number of aliphatic hydroxyl groups excluding tert-OH is 2. The third kappa shape index (κ3) is 8.99. The minimum atomic E-state index is -0.910. The number of rotatable bonds is 15. The predicted molar refractivity (Wildman–Crippen MR) is 225 cm³/mol. The van der Waals surface area contributed by atoms with Gasteiger partial charge in [-0.3, -0.25) is 14.4 Å². The standard InChI is InChI=1S/C45H62ClN5O6/c1-26-36-21-32(45(36,3)4)22-38(26)48-44(55)41-40(27(2)53)39(25-52)57-51(41)23-29-14-12-15-35(42(29)56-9)30-17-31(20-34(19-30)50(7)8)43(54)47-33(24-49(5)6)18-28-13-10-11-16-37(28)46/h10-17,19-20,26-27,32-33,36,38-41,52-53H,18,21-25H2,1-9H3,(H,47,54)(H,48,55)/t26-,27-,32+,33?,36-,38-,39-,40+,41-/m0/s1. The Morgan fingerprint density at radius 3 is 2.39 bits per heavy atom. The Labute approximate surface area is 343 Å². The highest BCUT2D eigenvalue weighted by atomic mass is 35.5. The highest BCUT2D eigenvalue weighted by molar-refractivity contribution is 6.31. The Balaban J connectivity index is 1.29. The first-order valence-corrected chi connectivity index (χ1v) is 20.6. The van der Waals surface area contributed by atoms with Crippen molar-refractivity contribution in [3.63, 3.8) is 0 Å². The first-order chi connectivity index (χ1) is 27.0. The summed E-state index contributed by atoms with van der Waals surface area (Å²) in [6, 6.07) is 18.2. The van der Waals surface area contributed by atoms with Crippen LogP contribution in [0.25, 0.3) is 11.1 Å². The van der Waals surface area contributed by atoms with Crippen LogP contribution < -0.4 is 20.3 Å². The molecule has 3 aromatic carbocycles. The fourth-order valence-electron chi connectivity index (χ4n) is 9.79. The minimum absolute atomic E-state index is 0.0292. The van der Waals surface area contributed by atoms with E-state index in [0.717, 1.165) is 34.4 Å². The number of hydrogen-bond acceptors (Lipinski definition) is 9. The number of halogens is 1. The van der Waals surface area contributed by atoms with Crippen LogP contribution >= 0.6 is 11.6 Å². The quantitative estimate of drug-likeness (QED) is 0.154. The van der Waals surface area contributed by atoms with E-state index in [0.29, 0.717) is 47.1 Å². The van der Waals surface area contributed by atoms with Crippen LogP contribution in [0.1, 0.15) is 62.0 Å². The fraction of sp³-hybridized carbons (Fsp3) is 0.556. The molecule has 0 spiro atoms. The minimum Gasteiger partial charge on any atom is -0.496 e. The maximum atomic E-state index is 14.3. The number of carbonyl (C=O) groups is 2. The third-order valence-electron chi connectivity index (χ3n) is 13.0. The van der Waals surface area contributed by atoms with E-state index in [4.69, 9.17) is 21.2 Å². The lowest BCUT2D eigenvalue weighted by molar-refractivity contribution is -0.183. The van der Waals surface area contributed by atoms with Crippen molar-refractivity contribution in [2.75, 3.05) is 53.4 Å². The lowest BCUT2D eigenvalue weighted by Crippen LogP contribution is -2.62. The Morgan fingerprint density at radius 2 is 1.77 bits per heavy atom. The molecule has 4 fully saturated rings.